The smallest absolute Gasteiger partial charge is 0.460 e. The van der Waals surface area contributed by atoms with E-state index >= 15 is 0 Å². The predicted molar refractivity (Wildman–Crippen MR) is 88.6 cm³/mol. The Labute approximate surface area is 154 Å². The van der Waals surface area contributed by atoms with Gasteiger partial charge in [-0.3, -0.25) is 0 Å². The van der Waals surface area contributed by atoms with E-state index in [0.29, 0.717) is 0 Å². The molecular weight excluding hydrogens is 405 g/mol. The fraction of sp³-hybridized carbons (Fsp3) is 0.444. The highest BCUT2D eigenvalue weighted by atomic mass is 127. The minimum atomic E-state index is 0. The number of hydrogen-bond donors (Lipinski definition) is 0. The normalized spacial score (nSPS) is 13.3. The molecule has 22 heavy (non-hydrogen) atoms. The van der Waals surface area contributed by atoms with E-state index < -0.39 is 0 Å². The van der Waals surface area contributed by atoms with Gasteiger partial charge in [-0.05, 0) is 43.6 Å². The van der Waals surface area contributed by atoms with Crippen LogP contribution in [0.2, 0.25) is 0 Å². The molecule has 0 spiro atoms. The molecule has 0 unspecified atom stereocenters. The van der Waals surface area contributed by atoms with Gasteiger partial charge in [0.1, 0.15) is 10.6 Å². The average Bonchev–Trinajstić information content (AvgIpc) is 2.55. The average molecular weight is 427 g/mol. The van der Waals surface area contributed by atoms with Crippen molar-refractivity contribution in [3.05, 3.63) is 41.7 Å². The van der Waals surface area contributed by atoms with Gasteiger partial charge in [0.25, 0.3) is 0 Å². The standard InChI is InChI=1S/C18H22NOS.HI/c1-2-3-13-21-18-15-11-7-8-12-16(15)20-17(19-18)14-9-5-4-6-10-14;/h4-6,9-10H,2-3,7-8,11-13H2,1H3;1H/q+1;/p-1. The maximum Gasteiger partial charge on any atom is 0.460 e. The van der Waals surface area contributed by atoms with Crippen LogP contribution in [0.1, 0.15) is 43.9 Å². The number of hydrogen-bond acceptors (Lipinski definition) is 2. The van der Waals surface area contributed by atoms with E-state index in [9.17, 15) is 0 Å². The van der Waals surface area contributed by atoms with Crippen LogP contribution in [0.4, 0.5) is 0 Å². The van der Waals surface area contributed by atoms with Gasteiger partial charge in [-0.25, -0.2) is 0 Å². The highest BCUT2D eigenvalue weighted by Gasteiger charge is 2.28. The monoisotopic (exact) mass is 427 g/mol. The van der Waals surface area contributed by atoms with Gasteiger partial charge in [-0.2, -0.15) is 4.42 Å². The van der Waals surface area contributed by atoms with Gasteiger partial charge in [0, 0.05) is 0 Å². The second-order valence-corrected chi connectivity index (χ2v) is 6.58. The van der Waals surface area contributed by atoms with Gasteiger partial charge in [0.15, 0.2) is 0 Å². The van der Waals surface area contributed by atoms with E-state index in [0.717, 1.165) is 35.8 Å². The van der Waals surface area contributed by atoms with Crippen molar-refractivity contribution in [1.82, 2.24) is 4.98 Å². The van der Waals surface area contributed by atoms with Crippen molar-refractivity contribution in [2.24, 2.45) is 0 Å². The fourth-order valence-corrected chi connectivity index (χ4v) is 3.82. The molecule has 0 saturated carbocycles. The number of unbranched alkanes of at least 4 members (excludes halogenated alkanes) is 1. The van der Waals surface area contributed by atoms with Crippen LogP contribution < -0.4 is 24.0 Å². The number of halogens is 1. The molecule has 2 aromatic rings. The van der Waals surface area contributed by atoms with Crippen LogP contribution >= 0.6 is 11.8 Å². The molecule has 1 heterocycles. The SMILES string of the molecule is CCCCSc1nc(-c2ccccc2)[o+]c2c1CCCC2.[I-]. The van der Waals surface area contributed by atoms with Gasteiger partial charge in [0.2, 0.25) is 0 Å². The summed E-state index contributed by atoms with van der Waals surface area (Å²) in [6, 6.07) is 10.2. The summed E-state index contributed by atoms with van der Waals surface area (Å²) in [5, 5.41) is 1.20. The van der Waals surface area contributed by atoms with Gasteiger partial charge in [-0.15, -0.1) is 16.7 Å². The molecule has 0 N–H and O–H groups in total. The number of fused-ring (bicyclic) bond motifs is 1. The summed E-state index contributed by atoms with van der Waals surface area (Å²) in [6.45, 7) is 2.24. The quantitative estimate of drug-likeness (QED) is 0.317. The molecule has 0 aliphatic heterocycles. The first-order chi connectivity index (χ1) is 10.4. The summed E-state index contributed by atoms with van der Waals surface area (Å²) in [4.78, 5) is 4.82. The molecule has 3 rings (SSSR count). The van der Waals surface area contributed by atoms with E-state index in [4.69, 9.17) is 9.40 Å². The lowest BCUT2D eigenvalue weighted by Crippen LogP contribution is -3.00. The Morgan fingerprint density at radius 2 is 1.91 bits per heavy atom. The van der Waals surface area contributed by atoms with Gasteiger partial charge < -0.3 is 24.0 Å². The lowest BCUT2D eigenvalue weighted by atomic mass is 9.98. The lowest BCUT2D eigenvalue weighted by molar-refractivity contribution is -0.00000494. The van der Waals surface area contributed by atoms with E-state index in [-0.39, 0.29) is 24.0 Å². The Balaban J connectivity index is 0.00000176. The number of thioether (sulfide) groups is 1. The maximum absolute atomic E-state index is 6.11. The number of nitrogens with zero attached hydrogens (tertiary/aromatic N) is 1. The van der Waals surface area contributed by atoms with Crippen LogP contribution in [0.5, 0.6) is 0 Å². The molecule has 0 amide bonds. The van der Waals surface area contributed by atoms with Crippen LogP contribution in [0.15, 0.2) is 39.8 Å². The molecule has 4 heteroatoms. The number of aryl methyl sites for hydroxylation is 1. The van der Waals surface area contributed by atoms with Crippen molar-refractivity contribution in [2.75, 3.05) is 5.75 Å². The molecule has 0 fully saturated rings. The first kappa shape index (κ1) is 17.7. The first-order valence-electron chi connectivity index (χ1n) is 7.92. The summed E-state index contributed by atoms with van der Waals surface area (Å²) in [5.74, 6) is 3.08. The Morgan fingerprint density at radius 3 is 2.68 bits per heavy atom. The van der Waals surface area contributed by atoms with Gasteiger partial charge >= 0.3 is 11.7 Å². The van der Waals surface area contributed by atoms with Crippen molar-refractivity contribution in [3.8, 4) is 11.5 Å². The van der Waals surface area contributed by atoms with Crippen LogP contribution in [0.3, 0.4) is 0 Å². The van der Waals surface area contributed by atoms with Crippen molar-refractivity contribution in [2.45, 2.75) is 50.5 Å². The second-order valence-electron chi connectivity index (χ2n) is 5.50. The third kappa shape index (κ3) is 4.22. The van der Waals surface area contributed by atoms with E-state index in [1.807, 2.05) is 30.0 Å². The van der Waals surface area contributed by atoms with Crippen molar-refractivity contribution in [3.63, 3.8) is 0 Å². The molecule has 0 radical (unpaired) electrons. The van der Waals surface area contributed by atoms with Crippen LogP contribution in [-0.2, 0) is 12.8 Å². The first-order valence-corrected chi connectivity index (χ1v) is 8.91. The molecule has 0 saturated heterocycles. The zero-order valence-electron chi connectivity index (χ0n) is 13.0. The Morgan fingerprint density at radius 1 is 1.14 bits per heavy atom. The summed E-state index contributed by atoms with van der Waals surface area (Å²) < 4.78 is 6.11. The molecule has 118 valence electrons. The van der Waals surface area contributed by atoms with Crippen LogP contribution in [0, 0.1) is 0 Å². The second kappa shape index (κ2) is 8.87. The molecule has 0 atom stereocenters. The Hall–Kier alpha value is -0.620. The highest BCUT2D eigenvalue weighted by Crippen LogP contribution is 2.33. The third-order valence-corrected chi connectivity index (χ3v) is 4.96. The number of aromatic nitrogens is 1. The van der Waals surface area contributed by atoms with Gasteiger partial charge in [0.05, 0.1) is 12.0 Å². The van der Waals surface area contributed by atoms with Crippen LogP contribution in [0.25, 0.3) is 11.5 Å². The van der Waals surface area contributed by atoms with Crippen molar-refractivity contribution >= 4 is 11.8 Å². The number of rotatable bonds is 5. The molecular formula is C18H22INOS. The predicted octanol–water partition coefficient (Wildman–Crippen LogP) is 2.40. The zero-order chi connectivity index (χ0) is 14.5. The molecule has 1 aromatic heterocycles. The molecule has 2 nitrogen and oxygen atoms in total. The van der Waals surface area contributed by atoms with Gasteiger partial charge in [-0.1, -0.05) is 31.5 Å². The van der Waals surface area contributed by atoms with E-state index in [2.05, 4.69) is 19.1 Å². The third-order valence-electron chi connectivity index (χ3n) is 3.86. The summed E-state index contributed by atoms with van der Waals surface area (Å²) in [6.07, 6.45) is 7.14. The minimum Gasteiger partial charge on any atom is -1.00 e. The number of benzene rings is 1. The molecule has 0 bridgehead atoms. The van der Waals surface area contributed by atoms with Crippen molar-refractivity contribution < 1.29 is 28.4 Å². The molecule has 1 aliphatic rings. The summed E-state index contributed by atoms with van der Waals surface area (Å²) >= 11 is 1.90. The van der Waals surface area contributed by atoms with Crippen LogP contribution in [-0.4, -0.2) is 10.7 Å². The van der Waals surface area contributed by atoms with E-state index in [1.54, 1.807) is 0 Å². The molecule has 1 aromatic carbocycles. The fourth-order valence-electron chi connectivity index (χ4n) is 2.65. The Kier molecular flexibility index (Phi) is 7.15. The highest BCUT2D eigenvalue weighted by molar-refractivity contribution is 7.99. The lowest BCUT2D eigenvalue weighted by Gasteiger charge is -2.11. The van der Waals surface area contributed by atoms with Crippen molar-refractivity contribution in [1.29, 1.82) is 0 Å². The molecule has 1 aliphatic carbocycles. The Bertz CT molecular complexity index is 604. The zero-order valence-corrected chi connectivity index (χ0v) is 16.0. The largest absolute Gasteiger partial charge is 1.00 e. The summed E-state index contributed by atoms with van der Waals surface area (Å²) in [5.41, 5.74) is 2.44. The summed E-state index contributed by atoms with van der Waals surface area (Å²) in [7, 11) is 0. The maximum atomic E-state index is 6.11. The van der Waals surface area contributed by atoms with E-state index in [1.165, 1.54) is 36.3 Å². The minimum absolute atomic E-state index is 0. The topological polar surface area (TPSA) is 24.2 Å².